The molecular weight excluding hydrogens is 348 g/mol. The van der Waals surface area contributed by atoms with Gasteiger partial charge in [0.25, 0.3) is 0 Å². The maximum absolute atomic E-state index is 2.80. The van der Waals surface area contributed by atoms with Crippen LogP contribution >= 0.6 is 0 Å². The van der Waals surface area contributed by atoms with E-state index in [1.807, 2.05) is 0 Å². The fraction of sp³-hybridized carbons (Fsp3) is 1.00. The topological polar surface area (TPSA) is 0 Å². The third kappa shape index (κ3) is 2.44. The van der Waals surface area contributed by atoms with Crippen LogP contribution in [0.15, 0.2) is 0 Å². The van der Waals surface area contributed by atoms with E-state index in [0.717, 1.165) is 23.7 Å². The Morgan fingerprint density at radius 1 is 0.517 bits per heavy atom. The molecule has 9 atom stereocenters. The quantitative estimate of drug-likeness (QED) is 0.382. The van der Waals surface area contributed by atoms with Crippen LogP contribution in [-0.2, 0) is 0 Å². The van der Waals surface area contributed by atoms with E-state index in [0.29, 0.717) is 32.5 Å². The first kappa shape index (κ1) is 20.9. The van der Waals surface area contributed by atoms with E-state index in [-0.39, 0.29) is 0 Å². The Morgan fingerprint density at radius 3 is 1.86 bits per heavy atom. The lowest BCUT2D eigenvalue weighted by molar-refractivity contribution is -0.248. The van der Waals surface area contributed by atoms with Gasteiger partial charge in [-0.15, -0.1) is 0 Å². The highest BCUT2D eigenvalue weighted by Gasteiger charge is 2.70. The van der Waals surface area contributed by atoms with Crippen LogP contribution in [0.3, 0.4) is 0 Å². The Balaban J connectivity index is 1.55. The Hall–Kier alpha value is 0. The Labute approximate surface area is 182 Å². The predicted octanol–water partition coefficient (Wildman–Crippen LogP) is 8.89. The van der Waals surface area contributed by atoms with Gasteiger partial charge in [-0.05, 0) is 127 Å². The van der Waals surface area contributed by atoms with Gasteiger partial charge < -0.3 is 0 Å². The van der Waals surface area contributed by atoms with Crippen molar-refractivity contribution in [3.8, 4) is 0 Å². The van der Waals surface area contributed by atoms with Gasteiger partial charge in [-0.25, -0.2) is 0 Å². The van der Waals surface area contributed by atoms with Crippen LogP contribution in [-0.4, -0.2) is 0 Å². The van der Waals surface area contributed by atoms with Gasteiger partial charge in [-0.3, -0.25) is 0 Å². The molecule has 5 aliphatic carbocycles. The van der Waals surface area contributed by atoms with Crippen molar-refractivity contribution in [3.63, 3.8) is 0 Å². The molecule has 0 unspecified atom stereocenters. The molecule has 0 aromatic carbocycles. The molecule has 0 saturated heterocycles. The van der Waals surface area contributed by atoms with E-state index in [9.17, 15) is 0 Å². The van der Waals surface area contributed by atoms with Crippen LogP contribution < -0.4 is 0 Å². The van der Waals surface area contributed by atoms with Gasteiger partial charge in [0, 0.05) is 0 Å². The van der Waals surface area contributed by atoms with Crippen LogP contribution in [0, 0.1) is 56.2 Å². The zero-order valence-corrected chi connectivity index (χ0v) is 21.1. The highest BCUT2D eigenvalue weighted by molar-refractivity contribution is 5.19. The molecule has 0 aromatic rings. The van der Waals surface area contributed by atoms with Crippen LogP contribution in [0.5, 0.6) is 0 Å². The summed E-state index contributed by atoms with van der Waals surface area (Å²) in [7, 11) is 0. The van der Waals surface area contributed by atoms with Gasteiger partial charge in [-0.1, -0.05) is 55.4 Å². The summed E-state index contributed by atoms with van der Waals surface area (Å²) in [5.41, 5.74) is 3.51. The fourth-order valence-corrected chi connectivity index (χ4v) is 11.1. The van der Waals surface area contributed by atoms with Crippen molar-refractivity contribution < 1.29 is 0 Å². The summed E-state index contributed by atoms with van der Waals surface area (Å²) in [5.74, 6) is 3.84. The summed E-state index contributed by atoms with van der Waals surface area (Å²) in [6.45, 7) is 21.5. The molecule has 0 N–H and O–H groups in total. The van der Waals surface area contributed by atoms with Crippen molar-refractivity contribution in [2.75, 3.05) is 0 Å². The molecule has 29 heavy (non-hydrogen) atoms. The molecule has 5 rings (SSSR count). The molecule has 0 heteroatoms. The van der Waals surface area contributed by atoms with Gasteiger partial charge >= 0.3 is 0 Å². The Kier molecular flexibility index (Phi) is 4.22. The lowest BCUT2D eigenvalue weighted by atomic mass is 9.31. The van der Waals surface area contributed by atoms with Crippen LogP contribution in [0.4, 0.5) is 0 Å². The average Bonchev–Trinajstić information content (AvgIpc) is 2.95. The molecule has 0 spiro atoms. The Morgan fingerprint density at radius 2 is 1.14 bits per heavy atom. The molecule has 0 amide bonds. The number of fused-ring (bicyclic) bond motifs is 7. The van der Waals surface area contributed by atoms with E-state index in [1.165, 1.54) is 70.6 Å². The maximum atomic E-state index is 2.80. The summed E-state index contributed by atoms with van der Waals surface area (Å²) in [4.78, 5) is 0. The number of hydrogen-bond donors (Lipinski definition) is 0. The highest BCUT2D eigenvalue weighted by atomic mass is 14.7. The van der Waals surface area contributed by atoms with E-state index in [1.54, 1.807) is 0 Å². The normalized spacial score (nSPS) is 61.2. The summed E-state index contributed by atoms with van der Waals surface area (Å²) >= 11 is 0. The molecule has 0 nitrogen and oxygen atoms in total. The second-order valence-corrected chi connectivity index (χ2v) is 15.0. The van der Waals surface area contributed by atoms with Crippen molar-refractivity contribution in [1.29, 1.82) is 0 Å². The van der Waals surface area contributed by atoms with Gasteiger partial charge in [0.2, 0.25) is 0 Å². The van der Waals surface area contributed by atoms with Crippen molar-refractivity contribution in [2.45, 2.75) is 126 Å². The lowest BCUT2D eigenvalue weighted by Crippen LogP contribution is -2.66. The minimum absolute atomic E-state index is 0.554. The summed E-state index contributed by atoms with van der Waals surface area (Å²) < 4.78 is 0. The second-order valence-electron chi connectivity index (χ2n) is 15.0. The lowest BCUT2D eigenvalue weighted by Gasteiger charge is -2.74. The largest absolute Gasteiger partial charge is 0.0620 e. The van der Waals surface area contributed by atoms with Gasteiger partial charge in [-0.2, -0.15) is 0 Å². The SMILES string of the molecule is C[C@H]1CC[C@@H]2[C@]1(C)CC[C@H]1[C@@]2(C)CC[C@]2(C)[C@H]3CC(C)(C)CC[C@@]3(C)CC[C@]12C. The van der Waals surface area contributed by atoms with Crippen LogP contribution in [0.1, 0.15) is 126 Å². The first-order valence-corrected chi connectivity index (χ1v) is 13.3. The maximum Gasteiger partial charge on any atom is -0.0235 e. The predicted molar refractivity (Wildman–Crippen MR) is 125 cm³/mol. The summed E-state index contributed by atoms with van der Waals surface area (Å²) in [5, 5.41) is 0. The van der Waals surface area contributed by atoms with Gasteiger partial charge in [0.05, 0.1) is 0 Å². The zero-order chi connectivity index (χ0) is 21.1. The van der Waals surface area contributed by atoms with Crippen molar-refractivity contribution >= 4 is 0 Å². The molecule has 5 aliphatic rings. The number of rotatable bonds is 0. The fourth-order valence-electron chi connectivity index (χ4n) is 11.1. The first-order chi connectivity index (χ1) is 13.3. The van der Waals surface area contributed by atoms with Crippen LogP contribution in [0.25, 0.3) is 0 Å². The smallest absolute Gasteiger partial charge is 0.0235 e. The standard InChI is InChI=1S/C29H50/c1-20-9-10-21-26(20,5)12-11-22-27(21,6)16-18-29(8)23-19-24(2,3)13-14-25(23,4)15-17-28(22,29)7/h20-23H,9-19H2,1-8H3/t20-,21+,22-,23-,25-,26+,27-,28+,29+/m0/s1. The minimum Gasteiger partial charge on any atom is -0.0620 e. The molecular formula is C29H50. The average molecular weight is 399 g/mol. The molecule has 0 bridgehead atoms. The molecule has 0 heterocycles. The van der Waals surface area contributed by atoms with Crippen molar-refractivity contribution in [2.24, 2.45) is 56.2 Å². The zero-order valence-electron chi connectivity index (χ0n) is 21.1. The van der Waals surface area contributed by atoms with E-state index in [2.05, 4.69) is 55.4 Å². The van der Waals surface area contributed by atoms with Gasteiger partial charge in [0.1, 0.15) is 0 Å². The minimum atomic E-state index is 0.554. The third-order valence-corrected chi connectivity index (χ3v) is 13.6. The van der Waals surface area contributed by atoms with Crippen LogP contribution in [0.2, 0.25) is 0 Å². The van der Waals surface area contributed by atoms with E-state index < -0.39 is 0 Å². The molecule has 5 saturated carbocycles. The molecule has 0 radical (unpaired) electrons. The highest BCUT2D eigenvalue weighted by Crippen LogP contribution is 2.78. The third-order valence-electron chi connectivity index (χ3n) is 13.6. The Bertz CT molecular complexity index is 690. The van der Waals surface area contributed by atoms with E-state index >= 15 is 0 Å². The molecule has 5 fully saturated rings. The molecule has 0 aliphatic heterocycles. The monoisotopic (exact) mass is 398 g/mol. The summed E-state index contributed by atoms with van der Waals surface area (Å²) in [6, 6.07) is 0. The second kappa shape index (κ2) is 5.86. The van der Waals surface area contributed by atoms with Gasteiger partial charge in [0.15, 0.2) is 0 Å². The first-order valence-electron chi connectivity index (χ1n) is 13.3. The molecule has 166 valence electrons. The van der Waals surface area contributed by atoms with E-state index in [4.69, 9.17) is 0 Å². The van der Waals surface area contributed by atoms with Crippen molar-refractivity contribution in [1.82, 2.24) is 0 Å². The molecule has 0 aromatic heterocycles. The van der Waals surface area contributed by atoms with Crippen molar-refractivity contribution in [3.05, 3.63) is 0 Å². The summed E-state index contributed by atoms with van der Waals surface area (Å²) in [6.07, 6.45) is 16.5. The number of hydrogen-bond acceptors (Lipinski definition) is 0.